The Morgan fingerprint density at radius 3 is 2.41 bits per heavy atom. The second-order valence-electron chi connectivity index (χ2n) is 6.01. The highest BCUT2D eigenvalue weighted by Crippen LogP contribution is 2.18. The monoisotopic (exact) mass is 368 g/mol. The van der Waals surface area contributed by atoms with Crippen molar-refractivity contribution in [2.24, 2.45) is 5.10 Å². The molecule has 2 amide bonds. The zero-order valence-electron chi connectivity index (χ0n) is 15.1. The highest BCUT2D eigenvalue weighted by Gasteiger charge is 2.10. The van der Waals surface area contributed by atoms with Crippen molar-refractivity contribution in [1.29, 1.82) is 0 Å². The molecule has 0 aliphatic rings. The minimum atomic E-state index is -0.474. The van der Waals surface area contributed by atoms with Gasteiger partial charge in [0.25, 0.3) is 5.69 Å². The van der Waals surface area contributed by atoms with Gasteiger partial charge in [-0.15, -0.1) is 0 Å². The second-order valence-corrected chi connectivity index (χ2v) is 6.01. The SMILES string of the molecule is Cc1ccc(NC(=O)CCC(=O)NN=Cc2ccc(C)c([N+](=O)[O-])c2)cc1. The molecule has 27 heavy (non-hydrogen) atoms. The first-order valence-corrected chi connectivity index (χ1v) is 8.28. The van der Waals surface area contributed by atoms with E-state index < -0.39 is 10.8 Å². The fourth-order valence-electron chi connectivity index (χ4n) is 2.23. The number of nitrogens with zero attached hydrogens (tertiary/aromatic N) is 2. The highest BCUT2D eigenvalue weighted by atomic mass is 16.6. The molecule has 2 rings (SSSR count). The number of carbonyl (C=O) groups excluding carboxylic acids is 2. The van der Waals surface area contributed by atoms with Gasteiger partial charge in [0, 0.05) is 35.7 Å². The molecule has 2 aromatic carbocycles. The maximum absolute atomic E-state index is 11.8. The number of nitrogens with one attached hydrogen (secondary N) is 2. The van der Waals surface area contributed by atoms with Gasteiger partial charge in [-0.1, -0.05) is 29.8 Å². The average Bonchev–Trinajstić information content (AvgIpc) is 2.63. The third-order valence-electron chi connectivity index (χ3n) is 3.75. The van der Waals surface area contributed by atoms with Crippen molar-refractivity contribution in [3.8, 4) is 0 Å². The lowest BCUT2D eigenvalue weighted by Crippen LogP contribution is -2.20. The minimum Gasteiger partial charge on any atom is -0.326 e. The summed E-state index contributed by atoms with van der Waals surface area (Å²) in [6.07, 6.45) is 1.31. The molecule has 0 aliphatic heterocycles. The molecule has 2 aromatic rings. The largest absolute Gasteiger partial charge is 0.326 e. The van der Waals surface area contributed by atoms with E-state index in [1.807, 2.05) is 19.1 Å². The Bertz CT molecular complexity index is 876. The zero-order valence-corrected chi connectivity index (χ0v) is 15.1. The lowest BCUT2D eigenvalue weighted by Gasteiger charge is -2.05. The molecule has 0 aromatic heterocycles. The van der Waals surface area contributed by atoms with Gasteiger partial charge in [0.15, 0.2) is 0 Å². The zero-order chi connectivity index (χ0) is 19.8. The van der Waals surface area contributed by atoms with E-state index >= 15 is 0 Å². The van der Waals surface area contributed by atoms with Crippen LogP contribution in [0, 0.1) is 24.0 Å². The molecule has 0 radical (unpaired) electrons. The van der Waals surface area contributed by atoms with Gasteiger partial charge < -0.3 is 5.32 Å². The van der Waals surface area contributed by atoms with Crippen LogP contribution >= 0.6 is 0 Å². The summed E-state index contributed by atoms with van der Waals surface area (Å²) in [5.41, 5.74) is 5.08. The summed E-state index contributed by atoms with van der Waals surface area (Å²) >= 11 is 0. The molecule has 0 fully saturated rings. The number of anilines is 1. The third-order valence-corrected chi connectivity index (χ3v) is 3.75. The summed E-state index contributed by atoms with van der Waals surface area (Å²) < 4.78 is 0. The number of hydrogen-bond donors (Lipinski definition) is 2. The number of nitro benzene ring substituents is 1. The molecule has 0 bridgehead atoms. The van der Waals surface area contributed by atoms with Crippen LogP contribution in [-0.4, -0.2) is 23.0 Å². The Balaban J connectivity index is 1.79. The number of hydrazone groups is 1. The van der Waals surface area contributed by atoms with Crippen LogP contribution in [0.2, 0.25) is 0 Å². The summed E-state index contributed by atoms with van der Waals surface area (Å²) in [5, 5.41) is 17.4. The first kappa shape index (κ1) is 19.8. The van der Waals surface area contributed by atoms with E-state index in [9.17, 15) is 19.7 Å². The lowest BCUT2D eigenvalue weighted by atomic mass is 10.1. The molecule has 0 saturated carbocycles. The minimum absolute atomic E-state index is 0.0157. The van der Waals surface area contributed by atoms with Crippen molar-refractivity contribution in [3.63, 3.8) is 0 Å². The number of carbonyl (C=O) groups is 2. The summed E-state index contributed by atoms with van der Waals surface area (Å²) in [4.78, 5) is 34.0. The number of rotatable bonds is 7. The van der Waals surface area contributed by atoms with Gasteiger partial charge in [-0.05, 0) is 26.0 Å². The lowest BCUT2D eigenvalue weighted by molar-refractivity contribution is -0.385. The molecule has 140 valence electrons. The van der Waals surface area contributed by atoms with Gasteiger partial charge in [0.2, 0.25) is 11.8 Å². The van der Waals surface area contributed by atoms with E-state index in [1.165, 1.54) is 12.3 Å². The van der Waals surface area contributed by atoms with E-state index in [1.54, 1.807) is 31.2 Å². The van der Waals surface area contributed by atoms with Gasteiger partial charge >= 0.3 is 0 Å². The van der Waals surface area contributed by atoms with Gasteiger partial charge in [-0.25, -0.2) is 5.43 Å². The molecule has 0 spiro atoms. The first-order chi connectivity index (χ1) is 12.8. The molecule has 0 atom stereocenters. The fourth-order valence-corrected chi connectivity index (χ4v) is 2.23. The topological polar surface area (TPSA) is 114 Å². The maximum atomic E-state index is 11.8. The van der Waals surface area contributed by atoms with Crippen LogP contribution in [0.1, 0.15) is 29.5 Å². The van der Waals surface area contributed by atoms with Crippen molar-refractivity contribution in [2.75, 3.05) is 5.32 Å². The van der Waals surface area contributed by atoms with E-state index in [4.69, 9.17) is 0 Å². The normalized spacial score (nSPS) is 10.6. The van der Waals surface area contributed by atoms with Crippen LogP contribution in [0.4, 0.5) is 11.4 Å². The Kier molecular flexibility index (Phi) is 6.76. The fraction of sp³-hybridized carbons (Fsp3) is 0.211. The second kappa shape index (κ2) is 9.23. The average molecular weight is 368 g/mol. The number of hydrogen-bond acceptors (Lipinski definition) is 5. The summed E-state index contributed by atoms with van der Waals surface area (Å²) in [7, 11) is 0. The van der Waals surface area contributed by atoms with Crippen LogP contribution in [0.5, 0.6) is 0 Å². The van der Waals surface area contributed by atoms with Crippen LogP contribution in [0.3, 0.4) is 0 Å². The molecule has 8 nitrogen and oxygen atoms in total. The Hall–Kier alpha value is -3.55. The predicted molar refractivity (Wildman–Crippen MR) is 103 cm³/mol. The summed E-state index contributed by atoms with van der Waals surface area (Å²) in [6, 6.07) is 12.0. The van der Waals surface area contributed by atoms with Crippen LogP contribution in [-0.2, 0) is 9.59 Å². The van der Waals surface area contributed by atoms with Crippen molar-refractivity contribution < 1.29 is 14.5 Å². The van der Waals surface area contributed by atoms with Gasteiger partial charge in [0.1, 0.15) is 0 Å². The molecular formula is C19H20N4O4. The van der Waals surface area contributed by atoms with E-state index in [0.29, 0.717) is 16.8 Å². The number of nitro groups is 1. The Morgan fingerprint density at radius 2 is 1.74 bits per heavy atom. The van der Waals surface area contributed by atoms with Gasteiger partial charge in [0.05, 0.1) is 11.1 Å². The number of benzene rings is 2. The van der Waals surface area contributed by atoms with Gasteiger partial charge in [-0.3, -0.25) is 19.7 Å². The maximum Gasteiger partial charge on any atom is 0.272 e. The van der Waals surface area contributed by atoms with E-state index in [0.717, 1.165) is 5.56 Å². The first-order valence-electron chi connectivity index (χ1n) is 8.28. The summed E-state index contributed by atoms with van der Waals surface area (Å²) in [6.45, 7) is 3.59. The van der Waals surface area contributed by atoms with Gasteiger partial charge in [-0.2, -0.15) is 5.10 Å². The number of aryl methyl sites for hydroxylation is 2. The molecule has 2 N–H and O–H groups in total. The predicted octanol–water partition coefficient (Wildman–Crippen LogP) is 3.08. The molecule has 0 unspecified atom stereocenters. The van der Waals surface area contributed by atoms with Crippen LogP contribution < -0.4 is 10.7 Å². The summed E-state index contributed by atoms with van der Waals surface area (Å²) in [5.74, 6) is -0.695. The molecular weight excluding hydrogens is 348 g/mol. The standard InChI is InChI=1S/C19H20N4O4/c1-13-3-7-16(8-4-13)21-18(24)9-10-19(25)22-20-12-15-6-5-14(2)17(11-15)23(26)27/h3-8,11-12H,9-10H2,1-2H3,(H,21,24)(H,22,25). The van der Waals surface area contributed by atoms with Crippen LogP contribution in [0.15, 0.2) is 47.6 Å². The Morgan fingerprint density at radius 1 is 1.07 bits per heavy atom. The van der Waals surface area contributed by atoms with Crippen molar-refractivity contribution in [2.45, 2.75) is 26.7 Å². The van der Waals surface area contributed by atoms with Crippen molar-refractivity contribution in [3.05, 3.63) is 69.3 Å². The van der Waals surface area contributed by atoms with Crippen molar-refractivity contribution >= 4 is 29.4 Å². The highest BCUT2D eigenvalue weighted by molar-refractivity contribution is 5.93. The van der Waals surface area contributed by atoms with E-state index in [-0.39, 0.29) is 24.4 Å². The molecule has 0 heterocycles. The number of amides is 2. The van der Waals surface area contributed by atoms with Crippen LogP contribution in [0.25, 0.3) is 0 Å². The molecule has 0 aliphatic carbocycles. The van der Waals surface area contributed by atoms with Crippen molar-refractivity contribution in [1.82, 2.24) is 5.43 Å². The molecule has 8 heteroatoms. The third kappa shape index (κ3) is 6.35. The quantitative estimate of drug-likeness (QED) is 0.444. The smallest absolute Gasteiger partial charge is 0.272 e. The van der Waals surface area contributed by atoms with E-state index in [2.05, 4.69) is 15.8 Å². The molecule has 0 saturated heterocycles. The Labute approximate surface area is 156 Å².